The quantitative estimate of drug-likeness (QED) is 0.827. The SMILES string of the molecule is Cc1ccccc1NC(=O)Nc1ccc(Br)cc1C. The van der Waals surface area contributed by atoms with Crippen molar-refractivity contribution in [1.29, 1.82) is 0 Å². The first-order valence-corrected chi connectivity index (χ1v) is 6.75. The fourth-order valence-electron chi connectivity index (χ4n) is 1.76. The number of carbonyl (C=O) groups excluding carboxylic acids is 1. The predicted molar refractivity (Wildman–Crippen MR) is 82.7 cm³/mol. The lowest BCUT2D eigenvalue weighted by molar-refractivity contribution is 0.262. The molecule has 0 spiro atoms. The molecular formula is C15H15BrN2O. The summed E-state index contributed by atoms with van der Waals surface area (Å²) in [4.78, 5) is 11.9. The number of urea groups is 1. The van der Waals surface area contributed by atoms with Gasteiger partial charge in [0.2, 0.25) is 0 Å². The number of amides is 2. The van der Waals surface area contributed by atoms with E-state index in [9.17, 15) is 4.79 Å². The van der Waals surface area contributed by atoms with Crippen LogP contribution in [0.25, 0.3) is 0 Å². The van der Waals surface area contributed by atoms with Crippen molar-refractivity contribution in [1.82, 2.24) is 0 Å². The zero-order chi connectivity index (χ0) is 13.8. The fraction of sp³-hybridized carbons (Fsp3) is 0.133. The second kappa shape index (κ2) is 5.89. The number of benzene rings is 2. The number of hydrogen-bond donors (Lipinski definition) is 2. The Morgan fingerprint density at radius 1 is 0.947 bits per heavy atom. The summed E-state index contributed by atoms with van der Waals surface area (Å²) >= 11 is 3.40. The lowest BCUT2D eigenvalue weighted by Crippen LogP contribution is -2.20. The molecule has 0 heterocycles. The van der Waals surface area contributed by atoms with E-state index in [0.717, 1.165) is 27.0 Å². The first kappa shape index (κ1) is 13.6. The molecule has 2 rings (SSSR count). The molecule has 0 saturated heterocycles. The summed E-state index contributed by atoms with van der Waals surface area (Å²) in [5, 5.41) is 5.68. The maximum Gasteiger partial charge on any atom is 0.323 e. The molecule has 2 aromatic carbocycles. The largest absolute Gasteiger partial charge is 0.323 e. The van der Waals surface area contributed by atoms with Gasteiger partial charge in [-0.1, -0.05) is 34.1 Å². The number of para-hydroxylation sites is 1. The van der Waals surface area contributed by atoms with Gasteiger partial charge in [-0.05, 0) is 49.2 Å². The maximum absolute atomic E-state index is 11.9. The molecule has 2 N–H and O–H groups in total. The number of halogens is 1. The summed E-state index contributed by atoms with van der Waals surface area (Å²) in [5.74, 6) is 0. The second-order valence-corrected chi connectivity index (χ2v) is 5.27. The summed E-state index contributed by atoms with van der Waals surface area (Å²) in [5.41, 5.74) is 3.66. The van der Waals surface area contributed by atoms with Crippen molar-refractivity contribution in [2.75, 3.05) is 10.6 Å². The molecule has 3 nitrogen and oxygen atoms in total. The third-order valence-electron chi connectivity index (χ3n) is 2.83. The van der Waals surface area contributed by atoms with Crippen LogP contribution in [0.4, 0.5) is 16.2 Å². The van der Waals surface area contributed by atoms with Crippen molar-refractivity contribution in [2.45, 2.75) is 13.8 Å². The normalized spacial score (nSPS) is 10.1. The van der Waals surface area contributed by atoms with Crippen LogP contribution in [0.2, 0.25) is 0 Å². The highest BCUT2D eigenvalue weighted by molar-refractivity contribution is 9.10. The number of rotatable bonds is 2. The molecule has 4 heteroatoms. The number of aryl methyl sites for hydroxylation is 2. The molecule has 19 heavy (non-hydrogen) atoms. The van der Waals surface area contributed by atoms with Gasteiger partial charge in [-0.15, -0.1) is 0 Å². The van der Waals surface area contributed by atoms with Crippen molar-refractivity contribution in [3.8, 4) is 0 Å². The monoisotopic (exact) mass is 318 g/mol. The van der Waals surface area contributed by atoms with Gasteiger partial charge in [0.1, 0.15) is 0 Å². The molecule has 0 fully saturated rings. The molecule has 0 aliphatic rings. The summed E-state index contributed by atoms with van der Waals surface area (Å²) in [6, 6.07) is 13.2. The minimum absolute atomic E-state index is 0.236. The lowest BCUT2D eigenvalue weighted by Gasteiger charge is -2.11. The van der Waals surface area contributed by atoms with Gasteiger partial charge >= 0.3 is 6.03 Å². The van der Waals surface area contributed by atoms with Crippen LogP contribution in [0.5, 0.6) is 0 Å². The molecule has 98 valence electrons. The van der Waals surface area contributed by atoms with E-state index < -0.39 is 0 Å². The molecule has 2 amide bonds. The Balaban J connectivity index is 2.08. The molecule has 2 aromatic rings. The second-order valence-electron chi connectivity index (χ2n) is 4.35. The minimum atomic E-state index is -0.236. The highest BCUT2D eigenvalue weighted by atomic mass is 79.9. The topological polar surface area (TPSA) is 41.1 Å². The first-order chi connectivity index (χ1) is 9.06. The summed E-state index contributed by atoms with van der Waals surface area (Å²) in [6.45, 7) is 3.91. The van der Waals surface area contributed by atoms with Crippen LogP contribution in [-0.2, 0) is 0 Å². The minimum Gasteiger partial charge on any atom is -0.307 e. The van der Waals surface area contributed by atoms with E-state index in [1.807, 2.05) is 56.3 Å². The van der Waals surface area contributed by atoms with Gasteiger partial charge < -0.3 is 10.6 Å². The zero-order valence-electron chi connectivity index (χ0n) is 10.8. The van der Waals surface area contributed by atoms with Crippen molar-refractivity contribution < 1.29 is 4.79 Å². The molecule has 0 aliphatic heterocycles. The number of anilines is 2. The van der Waals surface area contributed by atoms with Gasteiger partial charge in [-0.25, -0.2) is 4.79 Å². The van der Waals surface area contributed by atoms with Crippen molar-refractivity contribution in [3.05, 3.63) is 58.1 Å². The van der Waals surface area contributed by atoms with Crippen LogP contribution in [0, 0.1) is 13.8 Å². The Kier molecular flexibility index (Phi) is 4.22. The van der Waals surface area contributed by atoms with E-state index >= 15 is 0 Å². The third-order valence-corrected chi connectivity index (χ3v) is 3.32. The Morgan fingerprint density at radius 2 is 1.58 bits per heavy atom. The van der Waals surface area contributed by atoms with E-state index in [1.54, 1.807) is 0 Å². The van der Waals surface area contributed by atoms with E-state index in [4.69, 9.17) is 0 Å². The van der Waals surface area contributed by atoms with Crippen LogP contribution in [0.1, 0.15) is 11.1 Å². The zero-order valence-corrected chi connectivity index (χ0v) is 12.4. The summed E-state index contributed by atoms with van der Waals surface area (Å²) in [7, 11) is 0. The Hall–Kier alpha value is -1.81. The Labute approximate surface area is 121 Å². The summed E-state index contributed by atoms with van der Waals surface area (Å²) < 4.78 is 0.995. The average Bonchev–Trinajstić information content (AvgIpc) is 2.36. The molecule has 0 unspecified atom stereocenters. The summed E-state index contributed by atoms with van der Waals surface area (Å²) in [6.07, 6.45) is 0. The number of nitrogens with one attached hydrogen (secondary N) is 2. The average molecular weight is 319 g/mol. The van der Waals surface area contributed by atoms with Gasteiger partial charge in [-0.2, -0.15) is 0 Å². The molecule has 0 saturated carbocycles. The molecule has 0 bridgehead atoms. The van der Waals surface area contributed by atoms with Crippen LogP contribution < -0.4 is 10.6 Å². The van der Waals surface area contributed by atoms with Crippen LogP contribution in [-0.4, -0.2) is 6.03 Å². The highest BCUT2D eigenvalue weighted by Gasteiger charge is 2.06. The fourth-order valence-corrected chi connectivity index (χ4v) is 2.23. The third kappa shape index (κ3) is 3.58. The smallest absolute Gasteiger partial charge is 0.307 e. The Morgan fingerprint density at radius 3 is 2.21 bits per heavy atom. The molecule has 0 radical (unpaired) electrons. The molecular weight excluding hydrogens is 304 g/mol. The number of hydrogen-bond acceptors (Lipinski definition) is 1. The van der Waals surface area contributed by atoms with Gasteiger partial charge in [0.25, 0.3) is 0 Å². The van der Waals surface area contributed by atoms with Gasteiger partial charge in [0.15, 0.2) is 0 Å². The Bertz CT molecular complexity index is 611. The van der Waals surface area contributed by atoms with Crippen molar-refractivity contribution in [3.63, 3.8) is 0 Å². The maximum atomic E-state index is 11.9. The van der Waals surface area contributed by atoms with Crippen molar-refractivity contribution >= 4 is 33.3 Å². The van der Waals surface area contributed by atoms with Crippen LogP contribution in [0.3, 0.4) is 0 Å². The molecule has 0 atom stereocenters. The predicted octanol–water partition coefficient (Wildman–Crippen LogP) is 4.71. The van der Waals surface area contributed by atoms with Crippen LogP contribution >= 0.6 is 15.9 Å². The lowest BCUT2D eigenvalue weighted by atomic mass is 10.2. The number of carbonyl (C=O) groups is 1. The van der Waals surface area contributed by atoms with Crippen LogP contribution in [0.15, 0.2) is 46.9 Å². The first-order valence-electron chi connectivity index (χ1n) is 5.96. The van der Waals surface area contributed by atoms with E-state index in [-0.39, 0.29) is 6.03 Å². The van der Waals surface area contributed by atoms with Crippen molar-refractivity contribution in [2.24, 2.45) is 0 Å². The highest BCUT2D eigenvalue weighted by Crippen LogP contribution is 2.20. The van der Waals surface area contributed by atoms with Gasteiger partial charge in [0.05, 0.1) is 0 Å². The van der Waals surface area contributed by atoms with E-state index in [1.165, 1.54) is 0 Å². The van der Waals surface area contributed by atoms with Gasteiger partial charge in [-0.3, -0.25) is 0 Å². The molecule has 0 aromatic heterocycles. The standard InChI is InChI=1S/C15H15BrN2O/c1-10-5-3-4-6-13(10)17-15(19)18-14-8-7-12(16)9-11(14)2/h3-9H,1-2H3,(H2,17,18,19). The van der Waals surface area contributed by atoms with E-state index in [2.05, 4.69) is 26.6 Å². The molecule has 0 aliphatic carbocycles. The van der Waals surface area contributed by atoms with E-state index in [0.29, 0.717) is 0 Å². The van der Waals surface area contributed by atoms with Gasteiger partial charge in [0, 0.05) is 15.8 Å².